The van der Waals surface area contributed by atoms with E-state index < -0.39 is 42.2 Å². The Balaban J connectivity index is 2.02. The summed E-state index contributed by atoms with van der Waals surface area (Å²) in [6.45, 7) is -0.477. The molecule has 1 heterocycles. The molecule has 2 amide bonds. The van der Waals surface area contributed by atoms with Crippen LogP contribution in [0.25, 0.3) is 0 Å². The maximum Gasteiger partial charge on any atom is 0.416 e. The van der Waals surface area contributed by atoms with Crippen molar-refractivity contribution in [1.29, 1.82) is 0 Å². The normalized spacial score (nSPS) is 18.6. The predicted molar refractivity (Wildman–Crippen MR) is 74.1 cm³/mol. The predicted octanol–water partition coefficient (Wildman–Crippen LogP) is 2.87. The molecule has 1 aliphatic rings. The highest BCUT2D eigenvalue weighted by atomic mass is 19.4. The van der Waals surface area contributed by atoms with E-state index in [4.69, 9.17) is 0 Å². The number of likely N-dealkylation sites (tertiary alicyclic amines) is 1. The molecule has 1 saturated heterocycles. The molecule has 0 spiro atoms. The minimum atomic E-state index is -4.67. The molecule has 0 bridgehead atoms. The third kappa shape index (κ3) is 5.36. The van der Waals surface area contributed by atoms with Gasteiger partial charge < -0.3 is 10.2 Å². The minimum Gasteiger partial charge on any atom is -0.351 e. The fourth-order valence-electron chi connectivity index (χ4n) is 2.62. The molecule has 138 valence electrons. The van der Waals surface area contributed by atoms with Crippen molar-refractivity contribution in [2.75, 3.05) is 6.54 Å². The van der Waals surface area contributed by atoms with E-state index in [1.165, 1.54) is 18.2 Å². The van der Waals surface area contributed by atoms with Crippen LogP contribution in [0.3, 0.4) is 0 Å². The average Bonchev–Trinajstić information content (AvgIpc) is 2.75. The third-order valence-corrected chi connectivity index (χ3v) is 3.62. The molecule has 0 radical (unpaired) electrons. The second-order valence-electron chi connectivity index (χ2n) is 5.69. The lowest BCUT2D eigenvalue weighted by molar-refractivity contribution is -0.154. The number of amides is 2. The Kier molecular flexibility index (Phi) is 5.28. The van der Waals surface area contributed by atoms with Crippen molar-refractivity contribution in [2.45, 2.75) is 37.8 Å². The molecule has 0 saturated carbocycles. The van der Waals surface area contributed by atoms with Gasteiger partial charge in [0, 0.05) is 19.5 Å². The molecule has 1 aliphatic heterocycles. The van der Waals surface area contributed by atoms with Gasteiger partial charge in [0.25, 0.3) is 0 Å². The van der Waals surface area contributed by atoms with Gasteiger partial charge in [-0.3, -0.25) is 9.59 Å². The summed E-state index contributed by atoms with van der Waals surface area (Å²) in [4.78, 5) is 24.2. The van der Waals surface area contributed by atoms with Crippen LogP contribution in [0.1, 0.15) is 24.0 Å². The van der Waals surface area contributed by atoms with E-state index in [0.29, 0.717) is 0 Å². The minimum absolute atomic E-state index is 0.120. The molecule has 4 nitrogen and oxygen atoms in total. The number of hydrogen-bond donors (Lipinski definition) is 1. The Labute approximate surface area is 138 Å². The third-order valence-electron chi connectivity index (χ3n) is 3.62. The van der Waals surface area contributed by atoms with Gasteiger partial charge >= 0.3 is 12.4 Å². The fourth-order valence-corrected chi connectivity index (χ4v) is 2.62. The SMILES string of the molecule is O=C(CC(F)(F)F)N[C@H]1CC(=O)N(Cc2ccccc2C(F)(F)F)C1. The highest BCUT2D eigenvalue weighted by Gasteiger charge is 2.37. The standard InChI is InChI=1S/C15H14F6N2O2/c16-14(17,18)6-12(24)22-10-5-13(25)23(8-10)7-9-3-1-2-4-11(9)15(19,20)21/h1-4,10H,5-8H2,(H,22,24)/t10-/m0/s1. The van der Waals surface area contributed by atoms with Crippen LogP contribution in [0, 0.1) is 0 Å². The van der Waals surface area contributed by atoms with Gasteiger partial charge in [-0.2, -0.15) is 26.3 Å². The molecular formula is C15H14F6N2O2. The number of halogens is 6. The maximum absolute atomic E-state index is 13.0. The van der Waals surface area contributed by atoms with Crippen LogP contribution in [0.5, 0.6) is 0 Å². The monoisotopic (exact) mass is 368 g/mol. The Morgan fingerprint density at radius 2 is 1.80 bits per heavy atom. The van der Waals surface area contributed by atoms with E-state index in [1.807, 2.05) is 0 Å². The quantitative estimate of drug-likeness (QED) is 0.831. The molecule has 0 aromatic heterocycles. The topological polar surface area (TPSA) is 49.4 Å². The lowest BCUT2D eigenvalue weighted by Crippen LogP contribution is -2.39. The molecule has 0 aliphatic carbocycles. The fraction of sp³-hybridized carbons (Fsp3) is 0.467. The number of nitrogens with zero attached hydrogens (tertiary/aromatic N) is 1. The lowest BCUT2D eigenvalue weighted by Gasteiger charge is -2.20. The molecular weight excluding hydrogens is 354 g/mol. The molecule has 1 fully saturated rings. The summed E-state index contributed by atoms with van der Waals surface area (Å²) in [7, 11) is 0. The van der Waals surface area contributed by atoms with Gasteiger partial charge in [-0.15, -0.1) is 0 Å². The number of hydrogen-bond acceptors (Lipinski definition) is 2. The van der Waals surface area contributed by atoms with Crippen molar-refractivity contribution < 1.29 is 35.9 Å². The Morgan fingerprint density at radius 1 is 1.16 bits per heavy atom. The first-order chi connectivity index (χ1) is 11.5. The second-order valence-corrected chi connectivity index (χ2v) is 5.69. The summed E-state index contributed by atoms with van der Waals surface area (Å²) in [6.07, 6.45) is -11.2. The number of carbonyl (C=O) groups is 2. The van der Waals surface area contributed by atoms with Crippen molar-refractivity contribution in [2.24, 2.45) is 0 Å². The van der Waals surface area contributed by atoms with E-state index in [9.17, 15) is 35.9 Å². The van der Waals surface area contributed by atoms with E-state index in [1.54, 1.807) is 0 Å². The summed E-state index contributed by atoms with van der Waals surface area (Å²) >= 11 is 0. The molecule has 0 unspecified atom stereocenters. The van der Waals surface area contributed by atoms with Crippen molar-refractivity contribution in [3.05, 3.63) is 35.4 Å². The molecule has 1 N–H and O–H groups in total. The van der Waals surface area contributed by atoms with Crippen LogP contribution in [0.15, 0.2) is 24.3 Å². The zero-order valence-corrected chi connectivity index (χ0v) is 12.7. The number of nitrogens with one attached hydrogen (secondary N) is 1. The van der Waals surface area contributed by atoms with E-state index >= 15 is 0 Å². The van der Waals surface area contributed by atoms with Crippen LogP contribution >= 0.6 is 0 Å². The average molecular weight is 368 g/mol. The molecule has 1 aromatic rings. The summed E-state index contributed by atoms with van der Waals surface area (Å²) in [5.74, 6) is -1.81. The summed E-state index contributed by atoms with van der Waals surface area (Å²) < 4.78 is 75.3. The van der Waals surface area contributed by atoms with Crippen molar-refractivity contribution in [3.8, 4) is 0 Å². The van der Waals surface area contributed by atoms with Crippen molar-refractivity contribution >= 4 is 11.8 Å². The van der Waals surface area contributed by atoms with Crippen LogP contribution in [0.4, 0.5) is 26.3 Å². The highest BCUT2D eigenvalue weighted by molar-refractivity contribution is 5.82. The summed E-state index contributed by atoms with van der Waals surface area (Å²) in [5, 5.41) is 2.08. The van der Waals surface area contributed by atoms with Crippen LogP contribution in [0.2, 0.25) is 0 Å². The van der Waals surface area contributed by atoms with Gasteiger partial charge in [-0.25, -0.2) is 0 Å². The zero-order chi connectivity index (χ0) is 18.8. The molecule has 10 heteroatoms. The molecule has 2 rings (SSSR count). The van der Waals surface area contributed by atoms with Crippen molar-refractivity contribution in [1.82, 2.24) is 10.2 Å². The van der Waals surface area contributed by atoms with E-state index in [-0.39, 0.29) is 25.1 Å². The Hall–Kier alpha value is -2.26. The number of alkyl halides is 6. The van der Waals surface area contributed by atoms with Gasteiger partial charge in [0.2, 0.25) is 11.8 Å². The first-order valence-electron chi connectivity index (χ1n) is 7.24. The summed E-state index contributed by atoms with van der Waals surface area (Å²) in [6, 6.07) is 3.87. The largest absolute Gasteiger partial charge is 0.416 e. The number of benzene rings is 1. The van der Waals surface area contributed by atoms with Gasteiger partial charge in [-0.1, -0.05) is 18.2 Å². The van der Waals surface area contributed by atoms with Crippen LogP contribution in [-0.4, -0.2) is 35.5 Å². The van der Waals surface area contributed by atoms with Crippen LogP contribution in [-0.2, 0) is 22.3 Å². The van der Waals surface area contributed by atoms with Crippen LogP contribution < -0.4 is 5.32 Å². The molecule has 25 heavy (non-hydrogen) atoms. The van der Waals surface area contributed by atoms with Gasteiger partial charge in [0.15, 0.2) is 0 Å². The number of rotatable bonds is 4. The highest BCUT2D eigenvalue weighted by Crippen LogP contribution is 2.33. The van der Waals surface area contributed by atoms with Crippen molar-refractivity contribution in [3.63, 3.8) is 0 Å². The van der Waals surface area contributed by atoms with E-state index in [0.717, 1.165) is 11.0 Å². The first kappa shape index (κ1) is 19.1. The van der Waals surface area contributed by atoms with Gasteiger partial charge in [-0.05, 0) is 11.6 Å². The lowest BCUT2D eigenvalue weighted by atomic mass is 10.1. The smallest absolute Gasteiger partial charge is 0.351 e. The molecule has 1 atom stereocenters. The van der Waals surface area contributed by atoms with E-state index in [2.05, 4.69) is 5.32 Å². The maximum atomic E-state index is 13.0. The first-order valence-corrected chi connectivity index (χ1v) is 7.24. The Morgan fingerprint density at radius 3 is 2.40 bits per heavy atom. The number of carbonyl (C=O) groups excluding carboxylic acids is 2. The Bertz CT molecular complexity index is 656. The molecule has 1 aromatic carbocycles. The zero-order valence-electron chi connectivity index (χ0n) is 12.7. The summed E-state index contributed by atoms with van der Waals surface area (Å²) in [5.41, 5.74) is -1.00. The van der Waals surface area contributed by atoms with Gasteiger partial charge in [0.05, 0.1) is 11.6 Å². The second kappa shape index (κ2) is 6.93. The van der Waals surface area contributed by atoms with Gasteiger partial charge in [0.1, 0.15) is 6.42 Å².